The molecule has 0 bridgehead atoms. The minimum Gasteiger partial charge on any atom is -0.444 e. The maximum Gasteiger partial charge on any atom is 0.412 e. The first-order chi connectivity index (χ1) is 7.26. The second kappa shape index (κ2) is 5.06. The fourth-order valence-corrected chi connectivity index (χ4v) is 1.91. The predicted octanol–water partition coefficient (Wildman–Crippen LogP) is 4.45. The Bertz CT molecular complexity index is 381. The molecular weight excluding hydrogens is 293 g/mol. The summed E-state index contributed by atoms with van der Waals surface area (Å²) in [5, 5.41) is 3.15. The van der Waals surface area contributed by atoms with Crippen LogP contribution in [0.25, 0.3) is 0 Å². The Labute approximate surface area is 108 Å². The van der Waals surface area contributed by atoms with Crippen LogP contribution in [-0.2, 0) is 4.74 Å². The molecule has 3 nitrogen and oxygen atoms in total. The van der Waals surface area contributed by atoms with Crippen molar-refractivity contribution < 1.29 is 9.53 Å². The van der Waals surface area contributed by atoms with Crippen molar-refractivity contribution in [2.75, 3.05) is 5.32 Å². The number of anilines is 1. The molecule has 0 unspecified atom stereocenters. The number of carbonyl (C=O) groups is 1. The molecule has 16 heavy (non-hydrogen) atoms. The number of hydrogen-bond donors (Lipinski definition) is 1. The van der Waals surface area contributed by atoms with Gasteiger partial charge >= 0.3 is 6.09 Å². The highest BCUT2D eigenvalue weighted by molar-refractivity contribution is 9.10. The third-order valence-corrected chi connectivity index (χ3v) is 2.18. The Morgan fingerprint density at radius 2 is 2.00 bits per heavy atom. The van der Waals surface area contributed by atoms with Crippen molar-refractivity contribution >= 4 is 39.3 Å². The lowest BCUT2D eigenvalue weighted by atomic mass is 10.2. The molecule has 0 spiro atoms. The molecule has 0 radical (unpaired) electrons. The van der Waals surface area contributed by atoms with E-state index < -0.39 is 11.7 Å². The van der Waals surface area contributed by atoms with Crippen LogP contribution in [0.5, 0.6) is 0 Å². The second-order valence-electron chi connectivity index (χ2n) is 4.29. The third-order valence-electron chi connectivity index (χ3n) is 1.51. The number of rotatable bonds is 1. The summed E-state index contributed by atoms with van der Waals surface area (Å²) < 4.78 is 5.91. The maximum absolute atomic E-state index is 11.5. The lowest BCUT2D eigenvalue weighted by Crippen LogP contribution is -2.27. The fraction of sp³-hybridized carbons (Fsp3) is 0.364. The van der Waals surface area contributed by atoms with Gasteiger partial charge in [0.25, 0.3) is 0 Å². The molecule has 1 rings (SSSR count). The van der Waals surface area contributed by atoms with Gasteiger partial charge in [-0.2, -0.15) is 0 Å². The Kier molecular flexibility index (Phi) is 4.21. The summed E-state index contributed by atoms with van der Waals surface area (Å²) in [5.74, 6) is 0. The van der Waals surface area contributed by atoms with Gasteiger partial charge in [0.1, 0.15) is 5.60 Å². The maximum atomic E-state index is 11.5. The molecule has 0 atom stereocenters. The molecular formula is C11H13BrClNO2. The van der Waals surface area contributed by atoms with Crippen LogP contribution in [0.4, 0.5) is 10.5 Å². The van der Waals surface area contributed by atoms with E-state index in [0.717, 1.165) is 4.47 Å². The zero-order valence-corrected chi connectivity index (χ0v) is 11.6. The van der Waals surface area contributed by atoms with Crippen molar-refractivity contribution in [3.8, 4) is 0 Å². The van der Waals surface area contributed by atoms with Gasteiger partial charge in [0, 0.05) is 15.2 Å². The van der Waals surface area contributed by atoms with E-state index in [4.69, 9.17) is 16.3 Å². The minimum atomic E-state index is -0.514. The molecule has 0 heterocycles. The van der Waals surface area contributed by atoms with Crippen LogP contribution in [-0.4, -0.2) is 11.7 Å². The van der Waals surface area contributed by atoms with Gasteiger partial charge in [-0.25, -0.2) is 4.79 Å². The summed E-state index contributed by atoms with van der Waals surface area (Å²) in [6.07, 6.45) is -0.498. The number of carbonyl (C=O) groups excluding carboxylic acids is 1. The van der Waals surface area contributed by atoms with Crippen LogP contribution >= 0.6 is 27.5 Å². The molecule has 88 valence electrons. The van der Waals surface area contributed by atoms with Crippen molar-refractivity contribution in [3.05, 3.63) is 27.7 Å². The lowest BCUT2D eigenvalue weighted by molar-refractivity contribution is 0.0636. The van der Waals surface area contributed by atoms with Gasteiger partial charge in [0.05, 0.1) is 0 Å². The van der Waals surface area contributed by atoms with Gasteiger partial charge in [-0.3, -0.25) is 5.32 Å². The van der Waals surface area contributed by atoms with Gasteiger partial charge in [-0.05, 0) is 39.0 Å². The summed E-state index contributed by atoms with van der Waals surface area (Å²) in [6, 6.07) is 5.13. The highest BCUT2D eigenvalue weighted by atomic mass is 79.9. The van der Waals surface area contributed by atoms with Crippen LogP contribution in [0.1, 0.15) is 20.8 Å². The van der Waals surface area contributed by atoms with E-state index in [1.165, 1.54) is 0 Å². The molecule has 0 saturated heterocycles. The van der Waals surface area contributed by atoms with Gasteiger partial charge in [0.2, 0.25) is 0 Å². The smallest absolute Gasteiger partial charge is 0.412 e. The SMILES string of the molecule is CC(C)(C)OC(=O)Nc1cc(Cl)cc(Br)c1. The molecule has 0 aliphatic rings. The number of nitrogens with one attached hydrogen (secondary N) is 1. The van der Waals surface area contributed by atoms with Crippen LogP contribution in [0.15, 0.2) is 22.7 Å². The normalized spacial score (nSPS) is 11.1. The molecule has 0 fully saturated rings. The predicted molar refractivity (Wildman–Crippen MR) is 69.0 cm³/mol. The van der Waals surface area contributed by atoms with Crippen LogP contribution in [0.3, 0.4) is 0 Å². The third kappa shape index (κ3) is 4.86. The van der Waals surface area contributed by atoms with Gasteiger partial charge in [-0.1, -0.05) is 27.5 Å². The van der Waals surface area contributed by atoms with Crippen LogP contribution in [0.2, 0.25) is 5.02 Å². The first-order valence-electron chi connectivity index (χ1n) is 4.72. The standard InChI is InChI=1S/C11H13BrClNO2/c1-11(2,3)16-10(15)14-9-5-7(12)4-8(13)6-9/h4-6H,1-3H3,(H,14,15). The largest absolute Gasteiger partial charge is 0.444 e. The average Bonchev–Trinajstić information content (AvgIpc) is 1.96. The monoisotopic (exact) mass is 305 g/mol. The first-order valence-corrected chi connectivity index (χ1v) is 5.89. The molecule has 0 aliphatic heterocycles. The lowest BCUT2D eigenvalue weighted by Gasteiger charge is -2.19. The molecule has 0 aromatic heterocycles. The number of halogens is 2. The van der Waals surface area contributed by atoms with Crippen molar-refractivity contribution in [3.63, 3.8) is 0 Å². The van der Waals surface area contributed by atoms with Gasteiger partial charge in [-0.15, -0.1) is 0 Å². The molecule has 0 aliphatic carbocycles. The zero-order chi connectivity index (χ0) is 12.3. The van der Waals surface area contributed by atoms with Crippen LogP contribution < -0.4 is 5.32 Å². The van der Waals surface area contributed by atoms with E-state index in [9.17, 15) is 4.79 Å². The van der Waals surface area contributed by atoms with Crippen LogP contribution in [0, 0.1) is 0 Å². The summed E-state index contributed by atoms with van der Waals surface area (Å²) in [7, 11) is 0. The number of hydrogen-bond acceptors (Lipinski definition) is 2. The zero-order valence-electron chi connectivity index (χ0n) is 9.30. The Morgan fingerprint density at radius 3 is 2.50 bits per heavy atom. The number of benzene rings is 1. The quantitative estimate of drug-likeness (QED) is 0.832. The van der Waals surface area contributed by atoms with E-state index >= 15 is 0 Å². The van der Waals surface area contributed by atoms with Crippen molar-refractivity contribution in [2.45, 2.75) is 26.4 Å². The average molecular weight is 307 g/mol. The summed E-state index contributed by atoms with van der Waals surface area (Å²) in [5.41, 5.74) is 0.0773. The molecule has 5 heteroatoms. The Balaban J connectivity index is 2.70. The number of ether oxygens (including phenoxy) is 1. The van der Waals surface area contributed by atoms with E-state index in [0.29, 0.717) is 10.7 Å². The van der Waals surface area contributed by atoms with Gasteiger partial charge in [0.15, 0.2) is 0 Å². The van der Waals surface area contributed by atoms with Gasteiger partial charge < -0.3 is 4.74 Å². The first kappa shape index (κ1) is 13.3. The highest BCUT2D eigenvalue weighted by Gasteiger charge is 2.16. The fourth-order valence-electron chi connectivity index (χ4n) is 1.05. The summed E-state index contributed by atoms with van der Waals surface area (Å²) in [4.78, 5) is 11.5. The van der Waals surface area contributed by atoms with E-state index in [1.807, 2.05) is 0 Å². The van der Waals surface area contributed by atoms with Crippen molar-refractivity contribution in [1.82, 2.24) is 0 Å². The minimum absolute atomic E-state index is 0.498. The van der Waals surface area contributed by atoms with E-state index in [1.54, 1.807) is 39.0 Å². The molecule has 1 N–H and O–H groups in total. The Hall–Kier alpha value is -0.740. The molecule has 0 saturated carbocycles. The van der Waals surface area contributed by atoms with E-state index in [-0.39, 0.29) is 0 Å². The Morgan fingerprint density at radius 1 is 1.38 bits per heavy atom. The molecule has 1 aromatic rings. The topological polar surface area (TPSA) is 38.3 Å². The summed E-state index contributed by atoms with van der Waals surface area (Å²) in [6.45, 7) is 5.42. The van der Waals surface area contributed by atoms with Crippen molar-refractivity contribution in [1.29, 1.82) is 0 Å². The number of amides is 1. The second-order valence-corrected chi connectivity index (χ2v) is 5.64. The molecule has 1 aromatic carbocycles. The highest BCUT2D eigenvalue weighted by Crippen LogP contribution is 2.23. The summed E-state index contributed by atoms with van der Waals surface area (Å²) >= 11 is 9.13. The van der Waals surface area contributed by atoms with Crippen molar-refractivity contribution in [2.24, 2.45) is 0 Å². The van der Waals surface area contributed by atoms with E-state index in [2.05, 4.69) is 21.2 Å². The molecule has 1 amide bonds.